The molecular formula is C27H48N10O9S2. The van der Waals surface area contributed by atoms with Gasteiger partial charge in [-0.3, -0.25) is 33.8 Å². The van der Waals surface area contributed by atoms with Crippen LogP contribution in [0.15, 0.2) is 4.99 Å². The van der Waals surface area contributed by atoms with Gasteiger partial charge in [-0.05, 0) is 31.6 Å². The summed E-state index contributed by atoms with van der Waals surface area (Å²) in [6.07, 6.45) is 1.16. The summed E-state index contributed by atoms with van der Waals surface area (Å²) in [5.74, 6) is -6.53. The van der Waals surface area contributed by atoms with Crippen LogP contribution in [0.5, 0.6) is 0 Å². The maximum absolute atomic E-state index is 13.1. The molecule has 1 aliphatic heterocycles. The second-order valence-electron chi connectivity index (χ2n) is 11.3. The van der Waals surface area contributed by atoms with Crippen LogP contribution < -0.4 is 43.8 Å². The molecule has 1 fully saturated rings. The van der Waals surface area contributed by atoms with Crippen molar-refractivity contribution in [1.82, 2.24) is 31.5 Å². The molecule has 48 heavy (non-hydrogen) atoms. The third kappa shape index (κ3) is 13.7. The summed E-state index contributed by atoms with van der Waals surface area (Å²) in [7, 11) is 0. The molecular weight excluding hydrogens is 672 g/mol. The topological polar surface area (TPSA) is 314 Å². The van der Waals surface area contributed by atoms with Crippen molar-refractivity contribution >= 4 is 72.6 Å². The van der Waals surface area contributed by atoms with Crippen molar-refractivity contribution in [2.45, 2.75) is 75.8 Å². The molecule has 1 aliphatic rings. The van der Waals surface area contributed by atoms with Crippen LogP contribution in [0.2, 0.25) is 0 Å². The lowest BCUT2D eigenvalue weighted by molar-refractivity contribution is -0.141. The van der Waals surface area contributed by atoms with E-state index in [0.29, 0.717) is 19.4 Å². The van der Waals surface area contributed by atoms with Crippen LogP contribution in [0.25, 0.3) is 0 Å². The van der Waals surface area contributed by atoms with Gasteiger partial charge in [-0.25, -0.2) is 4.79 Å². The first-order valence-corrected chi connectivity index (χ1v) is 16.5. The number of likely N-dealkylation sites (tertiary alicyclic amines) is 1. The van der Waals surface area contributed by atoms with E-state index in [1.54, 1.807) is 13.8 Å². The molecule has 19 nitrogen and oxygen atoms in total. The summed E-state index contributed by atoms with van der Waals surface area (Å²) < 4.78 is 0. The maximum Gasteiger partial charge on any atom is 0.327 e. The molecule has 0 aromatic heterocycles. The average molecular weight is 721 g/mol. The summed E-state index contributed by atoms with van der Waals surface area (Å²) in [6.45, 7) is 2.19. The van der Waals surface area contributed by atoms with Crippen molar-refractivity contribution in [3.63, 3.8) is 0 Å². The number of aliphatic hydroxyl groups excluding tert-OH is 1. The number of nitrogens with zero attached hydrogens (tertiary/aromatic N) is 2. The average Bonchev–Trinajstić information content (AvgIpc) is 3.53. The number of aliphatic hydroxyl groups is 1. The van der Waals surface area contributed by atoms with Gasteiger partial charge >= 0.3 is 5.97 Å². The molecule has 0 unspecified atom stereocenters. The number of carbonyl (C=O) groups excluding carboxylic acids is 6. The number of guanidine groups is 1. The van der Waals surface area contributed by atoms with Crippen LogP contribution in [0.4, 0.5) is 0 Å². The molecule has 0 radical (unpaired) electrons. The first-order chi connectivity index (χ1) is 22.6. The Morgan fingerprint density at radius 3 is 2.10 bits per heavy atom. The molecule has 1 saturated heterocycles. The van der Waals surface area contributed by atoms with Crippen molar-refractivity contribution in [3.8, 4) is 0 Å². The van der Waals surface area contributed by atoms with Crippen molar-refractivity contribution in [2.75, 3.05) is 37.7 Å². The zero-order valence-electron chi connectivity index (χ0n) is 26.9. The van der Waals surface area contributed by atoms with E-state index in [1.165, 1.54) is 4.90 Å². The van der Waals surface area contributed by atoms with Gasteiger partial charge in [0.25, 0.3) is 0 Å². The van der Waals surface area contributed by atoms with Crippen LogP contribution in [0.3, 0.4) is 0 Å². The molecule has 21 heteroatoms. The first-order valence-electron chi connectivity index (χ1n) is 15.2. The Kier molecular flexibility index (Phi) is 18.7. The summed E-state index contributed by atoms with van der Waals surface area (Å²) in [6, 6.07) is -6.97. The van der Waals surface area contributed by atoms with Gasteiger partial charge in [0.05, 0.1) is 19.2 Å². The molecule has 1 rings (SSSR count). The van der Waals surface area contributed by atoms with Gasteiger partial charge in [0.2, 0.25) is 35.4 Å². The SMILES string of the molecule is CC(C)[C@H](NC(=O)[C@@H]1CCCN1C(=O)[C@@H](N)CS)C(=O)N[C@@H](CO)C(=O)NCC(=O)N[C@@H](CCCN=C(N)N)C(=O)N[C@@H](CS)C(=O)O. The molecule has 6 atom stereocenters. The van der Waals surface area contributed by atoms with Gasteiger partial charge in [-0.1, -0.05) is 13.8 Å². The van der Waals surface area contributed by atoms with Crippen LogP contribution in [0, 0.1) is 5.92 Å². The molecule has 0 aromatic rings. The molecule has 1 heterocycles. The van der Waals surface area contributed by atoms with Crippen molar-refractivity contribution in [1.29, 1.82) is 0 Å². The number of carbonyl (C=O) groups is 7. The number of aliphatic carboxylic acids is 1. The van der Waals surface area contributed by atoms with E-state index in [-0.39, 0.29) is 36.9 Å². The zero-order valence-corrected chi connectivity index (χ0v) is 28.7. The molecule has 0 saturated carbocycles. The standard InChI is InChI=1S/C27H48N10O9S2/c1-13(2)20(36-23(42)18-6-4-8-37(18)25(44)14(28)11-47)24(43)34-16(10-38)21(40)32-9-19(39)33-15(5-3-7-31-27(29)30)22(41)35-17(12-48)26(45)46/h13-18,20,38,47-48H,3-12,28H2,1-2H3,(H,32,40)(H,33,39)(H,34,43)(H,35,41)(H,36,42)(H,45,46)(H4,29,30,31)/t14-,15-,16-,17-,18-,20-/m0/s1. The van der Waals surface area contributed by atoms with E-state index in [4.69, 9.17) is 17.2 Å². The van der Waals surface area contributed by atoms with Crippen molar-refractivity contribution in [3.05, 3.63) is 0 Å². The Bertz CT molecular complexity index is 1190. The third-order valence-corrected chi connectivity index (χ3v) is 7.99. The number of nitrogens with two attached hydrogens (primary N) is 3. The summed E-state index contributed by atoms with van der Waals surface area (Å²) >= 11 is 7.93. The van der Waals surface area contributed by atoms with Crippen LogP contribution in [-0.2, 0) is 33.6 Å². The number of thiol groups is 2. The molecule has 0 aliphatic carbocycles. The van der Waals surface area contributed by atoms with Crippen LogP contribution >= 0.6 is 25.3 Å². The fraction of sp³-hybridized carbons (Fsp3) is 0.704. The van der Waals surface area contributed by atoms with Gasteiger partial charge in [-0.15, -0.1) is 0 Å². The normalized spacial score (nSPS) is 17.2. The Hall–Kier alpha value is -3.82. The van der Waals surface area contributed by atoms with Gasteiger partial charge in [0.15, 0.2) is 5.96 Å². The van der Waals surface area contributed by atoms with Gasteiger partial charge in [-0.2, -0.15) is 25.3 Å². The molecule has 272 valence electrons. The number of hydrogen-bond acceptors (Lipinski definition) is 12. The van der Waals surface area contributed by atoms with Crippen LogP contribution in [-0.4, -0.2) is 136 Å². The van der Waals surface area contributed by atoms with Gasteiger partial charge < -0.3 is 58.9 Å². The van der Waals surface area contributed by atoms with Crippen LogP contribution in [0.1, 0.15) is 39.5 Å². The van der Waals surface area contributed by atoms with E-state index >= 15 is 0 Å². The number of rotatable bonds is 20. The summed E-state index contributed by atoms with van der Waals surface area (Å²) in [5.41, 5.74) is 16.4. The highest BCUT2D eigenvalue weighted by Gasteiger charge is 2.38. The highest BCUT2D eigenvalue weighted by molar-refractivity contribution is 7.80. The highest BCUT2D eigenvalue weighted by Crippen LogP contribution is 2.19. The van der Waals surface area contributed by atoms with Crippen molar-refractivity contribution < 1.29 is 43.8 Å². The van der Waals surface area contributed by atoms with E-state index < -0.39 is 96.7 Å². The second-order valence-corrected chi connectivity index (χ2v) is 12.1. The number of amides is 6. The monoisotopic (exact) mass is 720 g/mol. The minimum absolute atomic E-state index is 0.00756. The minimum atomic E-state index is -1.52. The smallest absolute Gasteiger partial charge is 0.327 e. The Labute approximate surface area is 289 Å². The third-order valence-electron chi connectivity index (χ3n) is 7.23. The van der Waals surface area contributed by atoms with E-state index in [2.05, 4.69) is 56.8 Å². The molecule has 0 bridgehead atoms. The minimum Gasteiger partial charge on any atom is -0.480 e. The first kappa shape index (κ1) is 42.2. The largest absolute Gasteiger partial charge is 0.480 e. The molecule has 0 aromatic carbocycles. The fourth-order valence-corrected chi connectivity index (χ4v) is 5.00. The fourth-order valence-electron chi connectivity index (χ4n) is 4.60. The predicted octanol–water partition coefficient (Wildman–Crippen LogP) is -4.99. The van der Waals surface area contributed by atoms with Gasteiger partial charge in [0.1, 0.15) is 30.2 Å². The highest BCUT2D eigenvalue weighted by atomic mass is 32.1. The molecule has 6 amide bonds. The molecule has 0 spiro atoms. The number of carboxylic acid groups (broad SMARTS) is 1. The zero-order chi connectivity index (χ0) is 36.6. The Morgan fingerprint density at radius 2 is 1.56 bits per heavy atom. The van der Waals surface area contributed by atoms with Gasteiger partial charge in [0, 0.05) is 24.6 Å². The summed E-state index contributed by atoms with van der Waals surface area (Å²) in [4.78, 5) is 93.5. The number of aliphatic imine (C=N–C) groups is 1. The van der Waals surface area contributed by atoms with E-state index in [1.807, 2.05) is 0 Å². The quantitative estimate of drug-likeness (QED) is 0.0244. The lowest BCUT2D eigenvalue weighted by Gasteiger charge is -2.29. The molecule has 13 N–H and O–H groups in total. The maximum atomic E-state index is 13.1. The Morgan fingerprint density at radius 1 is 0.917 bits per heavy atom. The van der Waals surface area contributed by atoms with E-state index in [0.717, 1.165) is 0 Å². The van der Waals surface area contributed by atoms with E-state index in [9.17, 15) is 43.8 Å². The number of hydrogen-bond donors (Lipinski definition) is 12. The summed E-state index contributed by atoms with van der Waals surface area (Å²) in [5, 5.41) is 30.9. The number of nitrogens with one attached hydrogen (secondary N) is 5. The lowest BCUT2D eigenvalue weighted by Crippen LogP contribution is -2.59. The number of carboxylic acids is 1. The second kappa shape index (κ2) is 21.2. The Balaban J connectivity index is 2.86. The predicted molar refractivity (Wildman–Crippen MR) is 181 cm³/mol. The lowest BCUT2D eigenvalue weighted by atomic mass is 10.0. The van der Waals surface area contributed by atoms with Crippen molar-refractivity contribution in [2.24, 2.45) is 28.1 Å².